The van der Waals surface area contributed by atoms with Crippen molar-refractivity contribution in [2.24, 2.45) is 0 Å². The van der Waals surface area contributed by atoms with Crippen LogP contribution < -0.4 is 25.6 Å². The zero-order valence-corrected chi connectivity index (χ0v) is 23.9. The van der Waals surface area contributed by atoms with Crippen molar-refractivity contribution in [2.75, 3.05) is 17.3 Å². The number of fused-ring (bicyclic) bond motifs is 2. The van der Waals surface area contributed by atoms with Crippen molar-refractivity contribution in [2.45, 2.75) is 63.8 Å². The minimum Gasteiger partial charge on any atom is -0.480 e. The van der Waals surface area contributed by atoms with Crippen LogP contribution in [0.5, 0.6) is 5.75 Å². The molecule has 3 amide bonds. The van der Waals surface area contributed by atoms with E-state index in [1.54, 1.807) is 12.1 Å². The lowest BCUT2D eigenvalue weighted by Crippen LogP contribution is -2.58. The lowest BCUT2D eigenvalue weighted by molar-refractivity contribution is -0.384. The standard InChI is InChI=1S/C29H33N5O8/c1-16(26(37)31-17(2)27(38)39)30-24(35)10-11-25(36)32-19-6-8-22-21(15-19)28(3,4)29(33(22)5)13-12-18-14-20(34(40)41)7-9-23(18)42-29/h6-9,12-17H,10-11H2,1-5H3,(H,30,35)(H,31,37)(H,32,36)(H,38,39)/t16-,17-,29?/m1/s1. The van der Waals surface area contributed by atoms with E-state index < -0.39 is 51.8 Å². The molecule has 3 atom stereocenters. The number of carboxylic acids is 1. The molecule has 0 radical (unpaired) electrons. The molecule has 0 saturated carbocycles. The lowest BCUT2D eigenvalue weighted by Gasteiger charge is -2.45. The summed E-state index contributed by atoms with van der Waals surface area (Å²) in [6.45, 7) is 6.76. The van der Waals surface area contributed by atoms with E-state index in [-0.39, 0.29) is 18.5 Å². The topological polar surface area (TPSA) is 180 Å². The van der Waals surface area contributed by atoms with E-state index in [1.807, 2.05) is 50.1 Å². The number of hydrogen-bond donors (Lipinski definition) is 4. The molecular formula is C29H33N5O8. The first kappa shape index (κ1) is 30.0. The number of non-ortho nitro benzene ring substituents is 1. The summed E-state index contributed by atoms with van der Waals surface area (Å²) in [5.74, 6) is -2.25. The van der Waals surface area contributed by atoms with Crippen molar-refractivity contribution in [1.82, 2.24) is 10.6 Å². The van der Waals surface area contributed by atoms with Gasteiger partial charge in [0.15, 0.2) is 0 Å². The predicted molar refractivity (Wildman–Crippen MR) is 154 cm³/mol. The van der Waals surface area contributed by atoms with Crippen LogP contribution >= 0.6 is 0 Å². The molecule has 13 nitrogen and oxygen atoms in total. The number of carboxylic acid groups (broad SMARTS) is 1. The monoisotopic (exact) mass is 579 g/mol. The first-order valence-corrected chi connectivity index (χ1v) is 13.3. The Morgan fingerprint density at radius 3 is 2.38 bits per heavy atom. The van der Waals surface area contributed by atoms with Crippen molar-refractivity contribution in [3.05, 3.63) is 63.7 Å². The van der Waals surface area contributed by atoms with Crippen LogP contribution in [-0.4, -0.2) is 58.6 Å². The summed E-state index contributed by atoms with van der Waals surface area (Å²) in [6.07, 6.45) is 3.40. The van der Waals surface area contributed by atoms with Gasteiger partial charge in [-0.05, 0) is 69.7 Å². The fourth-order valence-corrected chi connectivity index (χ4v) is 5.22. The Morgan fingerprint density at radius 2 is 1.71 bits per heavy atom. The third-order valence-electron chi connectivity index (χ3n) is 7.75. The normalized spacial score (nSPS) is 19.1. The highest BCUT2D eigenvalue weighted by Crippen LogP contribution is 2.54. The highest BCUT2D eigenvalue weighted by Gasteiger charge is 2.57. The number of anilines is 2. The van der Waals surface area contributed by atoms with Crippen LogP contribution in [0.1, 0.15) is 51.7 Å². The molecule has 0 saturated heterocycles. The van der Waals surface area contributed by atoms with Crippen molar-refractivity contribution >= 4 is 46.8 Å². The number of nitro benzene ring substituents is 1. The van der Waals surface area contributed by atoms with E-state index in [2.05, 4.69) is 16.0 Å². The molecule has 0 aromatic heterocycles. The highest BCUT2D eigenvalue weighted by molar-refractivity contribution is 5.95. The number of benzene rings is 2. The fraction of sp³-hybridized carbons (Fsp3) is 0.379. The third kappa shape index (κ3) is 5.49. The summed E-state index contributed by atoms with van der Waals surface area (Å²) in [5.41, 5.74) is 1.37. The summed E-state index contributed by atoms with van der Waals surface area (Å²) >= 11 is 0. The Balaban J connectivity index is 1.40. The molecule has 2 heterocycles. The first-order valence-electron chi connectivity index (χ1n) is 13.3. The zero-order chi connectivity index (χ0) is 31.0. The molecule has 0 aliphatic carbocycles. The smallest absolute Gasteiger partial charge is 0.325 e. The first-order chi connectivity index (χ1) is 19.7. The molecule has 13 heteroatoms. The molecule has 4 N–H and O–H groups in total. The Morgan fingerprint density at radius 1 is 1.02 bits per heavy atom. The number of ether oxygens (including phenoxy) is 1. The average molecular weight is 580 g/mol. The van der Waals surface area contributed by atoms with Gasteiger partial charge in [0.2, 0.25) is 23.4 Å². The summed E-state index contributed by atoms with van der Waals surface area (Å²) in [7, 11) is 1.90. The zero-order valence-electron chi connectivity index (χ0n) is 23.9. The molecule has 1 spiro atoms. The number of amides is 3. The number of hydrogen-bond acceptors (Lipinski definition) is 8. The minimum absolute atomic E-state index is 0.0245. The van der Waals surface area contributed by atoms with Gasteiger partial charge in [0.25, 0.3) is 5.69 Å². The highest BCUT2D eigenvalue weighted by atomic mass is 16.6. The van der Waals surface area contributed by atoms with Crippen molar-refractivity contribution in [1.29, 1.82) is 0 Å². The van der Waals surface area contributed by atoms with Crippen molar-refractivity contribution in [3.63, 3.8) is 0 Å². The van der Waals surface area contributed by atoms with Gasteiger partial charge < -0.3 is 30.7 Å². The second-order valence-corrected chi connectivity index (χ2v) is 10.9. The van der Waals surface area contributed by atoms with Crippen LogP contribution in [0, 0.1) is 10.1 Å². The Labute approximate surface area is 242 Å². The van der Waals surface area contributed by atoms with E-state index in [4.69, 9.17) is 9.84 Å². The number of rotatable bonds is 9. The summed E-state index contributed by atoms with van der Waals surface area (Å²) in [4.78, 5) is 60.6. The van der Waals surface area contributed by atoms with Crippen LogP contribution in [0.25, 0.3) is 6.08 Å². The van der Waals surface area contributed by atoms with Crippen LogP contribution in [-0.2, 0) is 24.6 Å². The molecule has 2 aliphatic rings. The van der Waals surface area contributed by atoms with Gasteiger partial charge >= 0.3 is 5.97 Å². The van der Waals surface area contributed by atoms with Crippen LogP contribution in [0.2, 0.25) is 0 Å². The van der Waals surface area contributed by atoms with Gasteiger partial charge in [0.05, 0.1) is 10.3 Å². The van der Waals surface area contributed by atoms with Gasteiger partial charge in [-0.15, -0.1) is 0 Å². The molecule has 2 aliphatic heterocycles. The Kier molecular flexibility index (Phi) is 7.97. The summed E-state index contributed by atoms with van der Waals surface area (Å²) in [6, 6.07) is 7.88. The molecule has 42 heavy (non-hydrogen) atoms. The van der Waals surface area contributed by atoms with Crippen molar-refractivity contribution < 1.29 is 33.9 Å². The molecular weight excluding hydrogens is 546 g/mol. The number of nitro groups is 1. The van der Waals surface area contributed by atoms with Gasteiger partial charge in [-0.25, -0.2) is 0 Å². The van der Waals surface area contributed by atoms with Crippen molar-refractivity contribution in [3.8, 4) is 5.75 Å². The molecule has 222 valence electrons. The number of carbonyl (C=O) groups is 4. The van der Waals surface area contributed by atoms with Crippen LogP contribution in [0.15, 0.2) is 42.5 Å². The maximum absolute atomic E-state index is 12.7. The Bertz CT molecular complexity index is 1500. The van der Waals surface area contributed by atoms with Crippen LogP contribution in [0.3, 0.4) is 0 Å². The van der Waals surface area contributed by atoms with E-state index >= 15 is 0 Å². The van der Waals surface area contributed by atoms with Gasteiger partial charge in [0.1, 0.15) is 17.8 Å². The summed E-state index contributed by atoms with van der Waals surface area (Å²) < 4.78 is 6.52. The number of nitrogens with one attached hydrogen (secondary N) is 3. The van der Waals surface area contributed by atoms with Gasteiger partial charge in [-0.3, -0.25) is 29.3 Å². The van der Waals surface area contributed by atoms with E-state index in [0.717, 1.165) is 11.3 Å². The quantitative estimate of drug-likeness (QED) is 0.257. The van der Waals surface area contributed by atoms with Crippen LogP contribution in [0.4, 0.5) is 17.1 Å². The van der Waals surface area contributed by atoms with E-state index in [9.17, 15) is 29.3 Å². The minimum atomic E-state index is -1.20. The molecule has 0 bridgehead atoms. The second-order valence-electron chi connectivity index (χ2n) is 10.9. The predicted octanol–water partition coefficient (Wildman–Crippen LogP) is 2.94. The lowest BCUT2D eigenvalue weighted by atomic mass is 9.76. The Hall–Kier alpha value is -4.94. The molecule has 1 unspecified atom stereocenters. The molecule has 2 aromatic carbocycles. The van der Waals surface area contributed by atoms with Gasteiger partial charge in [-0.2, -0.15) is 0 Å². The molecule has 2 aromatic rings. The molecule has 4 rings (SSSR count). The van der Waals surface area contributed by atoms with Gasteiger partial charge in [-0.1, -0.05) is 0 Å². The number of carbonyl (C=O) groups excluding carboxylic acids is 3. The van der Waals surface area contributed by atoms with Gasteiger partial charge in [0, 0.05) is 49.0 Å². The fourth-order valence-electron chi connectivity index (χ4n) is 5.22. The second kappa shape index (κ2) is 11.1. The third-order valence-corrected chi connectivity index (χ3v) is 7.75. The molecule has 0 fully saturated rings. The SMILES string of the molecule is C[C@@H](NC(=O)[C@@H](C)NC(=O)CCC(=O)Nc1ccc2c(c1)C(C)(C)C1(C=Cc3cc([N+](=O)[O-])ccc3O1)N2C)C(=O)O. The maximum atomic E-state index is 12.7. The van der Waals surface area contributed by atoms with E-state index in [1.165, 1.54) is 26.0 Å². The average Bonchev–Trinajstić information content (AvgIpc) is 3.08. The number of likely N-dealkylation sites (N-methyl/N-ethyl adjacent to an activating group) is 1. The number of nitrogens with zero attached hydrogens (tertiary/aromatic N) is 2. The maximum Gasteiger partial charge on any atom is 0.325 e. The number of aliphatic carboxylic acids is 1. The summed E-state index contributed by atoms with van der Waals surface area (Å²) in [5, 5.41) is 27.6. The van der Waals surface area contributed by atoms with E-state index in [0.29, 0.717) is 17.0 Å². The largest absolute Gasteiger partial charge is 0.480 e.